The highest BCUT2D eigenvalue weighted by Gasteiger charge is 2.15. The monoisotopic (exact) mass is 265 g/mol. The van der Waals surface area contributed by atoms with Crippen LogP contribution in [0.2, 0.25) is 0 Å². The molecular formula is C14H19NO4. The van der Waals surface area contributed by atoms with E-state index in [1.54, 1.807) is 6.07 Å². The van der Waals surface area contributed by atoms with Gasteiger partial charge in [-0.05, 0) is 24.5 Å². The Kier molecular flexibility index (Phi) is 5.99. The van der Waals surface area contributed by atoms with Crippen molar-refractivity contribution in [3.8, 4) is 5.75 Å². The smallest absolute Gasteiger partial charge is 0.311 e. The van der Waals surface area contributed by atoms with Crippen molar-refractivity contribution in [1.82, 2.24) is 0 Å². The number of benzene rings is 1. The van der Waals surface area contributed by atoms with Crippen LogP contribution in [-0.4, -0.2) is 17.3 Å². The molecule has 19 heavy (non-hydrogen) atoms. The summed E-state index contributed by atoms with van der Waals surface area (Å²) < 4.78 is 5.40. The quantitative estimate of drug-likeness (QED) is 0.411. The molecule has 0 N–H and O–H groups in total. The maximum atomic E-state index is 11.1. The van der Waals surface area contributed by atoms with Gasteiger partial charge in [-0.2, -0.15) is 0 Å². The number of nitro groups is 1. The predicted molar refractivity (Wildman–Crippen MR) is 72.5 cm³/mol. The van der Waals surface area contributed by atoms with E-state index in [0.717, 1.165) is 12.0 Å². The molecule has 0 saturated heterocycles. The van der Waals surface area contributed by atoms with Gasteiger partial charge in [-0.15, -0.1) is 0 Å². The number of aryl methyl sites for hydroxylation is 1. The first-order valence-electron chi connectivity index (χ1n) is 6.50. The Morgan fingerprint density at radius 2 is 2.11 bits per heavy atom. The second-order valence-corrected chi connectivity index (χ2v) is 4.26. The summed E-state index contributed by atoms with van der Waals surface area (Å²) in [5.41, 5.74) is 0.890. The first-order valence-corrected chi connectivity index (χ1v) is 6.50. The molecule has 1 rings (SSSR count). The number of ketones is 1. The summed E-state index contributed by atoms with van der Waals surface area (Å²) in [4.78, 5) is 21.6. The first kappa shape index (κ1) is 15.1. The highest BCUT2D eigenvalue weighted by Crippen LogP contribution is 2.28. The van der Waals surface area contributed by atoms with Gasteiger partial charge in [-0.1, -0.05) is 19.9 Å². The van der Waals surface area contributed by atoms with E-state index in [-0.39, 0.29) is 17.2 Å². The van der Waals surface area contributed by atoms with Crippen LogP contribution in [0.3, 0.4) is 0 Å². The summed E-state index contributed by atoms with van der Waals surface area (Å²) in [5, 5.41) is 10.9. The van der Waals surface area contributed by atoms with Gasteiger partial charge in [0, 0.05) is 18.9 Å². The topological polar surface area (TPSA) is 69.4 Å². The van der Waals surface area contributed by atoms with Gasteiger partial charge in [-0.3, -0.25) is 14.9 Å². The van der Waals surface area contributed by atoms with Crippen LogP contribution in [0, 0.1) is 10.1 Å². The number of nitrogens with zero attached hydrogens (tertiary/aromatic N) is 1. The molecule has 5 nitrogen and oxygen atoms in total. The van der Waals surface area contributed by atoms with Gasteiger partial charge in [-0.25, -0.2) is 0 Å². The molecule has 0 aliphatic rings. The molecule has 0 aliphatic carbocycles. The molecule has 0 atom stereocenters. The molecule has 0 aliphatic heterocycles. The third-order valence-corrected chi connectivity index (χ3v) is 2.88. The van der Waals surface area contributed by atoms with Gasteiger partial charge in [0.25, 0.3) is 0 Å². The number of carbonyl (C=O) groups is 1. The molecule has 0 bridgehead atoms. The Balaban J connectivity index is 2.62. The van der Waals surface area contributed by atoms with Crippen molar-refractivity contribution >= 4 is 11.5 Å². The number of Topliss-reactive ketones (excluding diaryl/α,β-unsaturated/α-hetero) is 1. The second kappa shape index (κ2) is 7.51. The van der Waals surface area contributed by atoms with E-state index < -0.39 is 4.92 Å². The van der Waals surface area contributed by atoms with Crippen LogP contribution in [0.5, 0.6) is 5.75 Å². The highest BCUT2D eigenvalue weighted by atomic mass is 16.6. The predicted octanol–water partition coefficient (Wildman–Crippen LogP) is 3.30. The van der Waals surface area contributed by atoms with E-state index in [9.17, 15) is 14.9 Å². The first-order chi connectivity index (χ1) is 9.08. The maximum absolute atomic E-state index is 11.1. The van der Waals surface area contributed by atoms with Gasteiger partial charge < -0.3 is 4.74 Å². The van der Waals surface area contributed by atoms with E-state index in [4.69, 9.17) is 4.74 Å². The number of hydrogen-bond acceptors (Lipinski definition) is 4. The summed E-state index contributed by atoms with van der Waals surface area (Å²) in [5.74, 6) is 0.450. The third kappa shape index (κ3) is 4.69. The van der Waals surface area contributed by atoms with Gasteiger partial charge in [0.05, 0.1) is 11.5 Å². The van der Waals surface area contributed by atoms with Gasteiger partial charge >= 0.3 is 5.69 Å². The van der Waals surface area contributed by atoms with E-state index >= 15 is 0 Å². The van der Waals surface area contributed by atoms with Crippen molar-refractivity contribution in [2.24, 2.45) is 0 Å². The minimum absolute atomic E-state index is 0.0128. The molecule has 0 amide bonds. The van der Waals surface area contributed by atoms with Crippen molar-refractivity contribution < 1.29 is 14.5 Å². The number of ether oxygens (including phenoxy) is 1. The molecule has 0 unspecified atom stereocenters. The summed E-state index contributed by atoms with van der Waals surface area (Å²) in [7, 11) is 0. The van der Waals surface area contributed by atoms with Crippen molar-refractivity contribution in [2.75, 3.05) is 6.61 Å². The minimum Gasteiger partial charge on any atom is -0.487 e. The fourth-order valence-electron chi connectivity index (χ4n) is 1.68. The van der Waals surface area contributed by atoms with Gasteiger partial charge in [0.2, 0.25) is 0 Å². The lowest BCUT2D eigenvalue weighted by Gasteiger charge is -2.07. The molecule has 1 aromatic carbocycles. The lowest BCUT2D eigenvalue weighted by atomic mass is 10.1. The third-order valence-electron chi connectivity index (χ3n) is 2.88. The Bertz CT molecular complexity index is 457. The van der Waals surface area contributed by atoms with Crippen LogP contribution in [0.15, 0.2) is 18.2 Å². The number of nitro benzene ring substituents is 1. The summed E-state index contributed by atoms with van der Waals surface area (Å²) >= 11 is 0. The van der Waals surface area contributed by atoms with Crippen LogP contribution in [0.4, 0.5) is 5.69 Å². The lowest BCUT2D eigenvalue weighted by molar-refractivity contribution is -0.385. The van der Waals surface area contributed by atoms with Gasteiger partial charge in [0.1, 0.15) is 5.78 Å². The highest BCUT2D eigenvalue weighted by molar-refractivity contribution is 5.77. The molecule has 104 valence electrons. The van der Waals surface area contributed by atoms with Crippen LogP contribution in [0.1, 0.15) is 38.7 Å². The number of rotatable bonds is 8. The van der Waals surface area contributed by atoms with Crippen molar-refractivity contribution in [3.05, 3.63) is 33.9 Å². The van der Waals surface area contributed by atoms with Crippen molar-refractivity contribution in [3.63, 3.8) is 0 Å². The molecule has 0 fully saturated rings. The normalized spacial score (nSPS) is 10.2. The molecule has 5 heteroatoms. The van der Waals surface area contributed by atoms with Crippen molar-refractivity contribution in [1.29, 1.82) is 0 Å². The molecule has 0 spiro atoms. The van der Waals surface area contributed by atoms with E-state index in [1.165, 1.54) is 6.07 Å². The average molecular weight is 265 g/mol. The Morgan fingerprint density at radius 3 is 2.68 bits per heavy atom. The number of hydrogen-bond donors (Lipinski definition) is 0. The van der Waals surface area contributed by atoms with Gasteiger partial charge in [0.15, 0.2) is 5.75 Å². The molecule has 0 radical (unpaired) electrons. The van der Waals surface area contributed by atoms with E-state index in [1.807, 2.05) is 19.9 Å². The lowest BCUT2D eigenvalue weighted by Crippen LogP contribution is -2.04. The standard InChI is InChI=1S/C14H19NO4/c1-3-11-7-8-14(13(10-11)15(17)18)19-9-5-6-12(16)4-2/h7-8,10H,3-6,9H2,1-2H3. The Morgan fingerprint density at radius 1 is 1.37 bits per heavy atom. The second-order valence-electron chi connectivity index (χ2n) is 4.26. The fraction of sp³-hybridized carbons (Fsp3) is 0.500. The zero-order valence-electron chi connectivity index (χ0n) is 11.3. The summed E-state index contributed by atoms with van der Waals surface area (Å²) in [6, 6.07) is 4.98. The molecule has 0 heterocycles. The minimum atomic E-state index is -0.439. The molecule has 1 aromatic rings. The van der Waals surface area contributed by atoms with E-state index in [2.05, 4.69) is 0 Å². The molecule has 0 saturated carbocycles. The maximum Gasteiger partial charge on any atom is 0.311 e. The molecular weight excluding hydrogens is 246 g/mol. The number of carbonyl (C=O) groups excluding carboxylic acids is 1. The Labute approximate surface area is 112 Å². The van der Waals surface area contributed by atoms with Crippen LogP contribution in [0.25, 0.3) is 0 Å². The molecule has 0 aromatic heterocycles. The largest absolute Gasteiger partial charge is 0.487 e. The summed E-state index contributed by atoms with van der Waals surface area (Å²) in [6.45, 7) is 4.07. The fourth-order valence-corrected chi connectivity index (χ4v) is 1.68. The van der Waals surface area contributed by atoms with E-state index in [0.29, 0.717) is 25.9 Å². The van der Waals surface area contributed by atoms with Crippen molar-refractivity contribution in [2.45, 2.75) is 39.5 Å². The van der Waals surface area contributed by atoms with Crippen LogP contribution < -0.4 is 4.74 Å². The van der Waals surface area contributed by atoms with Crippen LogP contribution >= 0.6 is 0 Å². The SMILES string of the molecule is CCC(=O)CCCOc1ccc(CC)cc1[N+](=O)[O-]. The van der Waals surface area contributed by atoms with Crippen LogP contribution in [-0.2, 0) is 11.2 Å². The Hall–Kier alpha value is -1.91. The zero-order valence-corrected chi connectivity index (χ0v) is 11.3. The average Bonchev–Trinajstić information content (AvgIpc) is 2.43. The zero-order chi connectivity index (χ0) is 14.3. The summed E-state index contributed by atoms with van der Waals surface area (Å²) in [6.07, 6.45) is 2.30.